The van der Waals surface area contributed by atoms with E-state index in [1.54, 1.807) is 6.20 Å². The number of benzene rings is 1. The van der Waals surface area contributed by atoms with E-state index in [2.05, 4.69) is 17.0 Å². The van der Waals surface area contributed by atoms with Gasteiger partial charge in [0.15, 0.2) is 0 Å². The highest BCUT2D eigenvalue weighted by Gasteiger charge is 2.16. The summed E-state index contributed by atoms with van der Waals surface area (Å²) in [6.45, 7) is 5.97. The molecule has 3 aromatic rings. The molecule has 0 fully saturated rings. The number of aliphatic hydroxyl groups is 1. The van der Waals surface area contributed by atoms with Gasteiger partial charge in [-0.3, -0.25) is 14.5 Å². The molecule has 5 nitrogen and oxygen atoms in total. The number of carbonyl (C=O) groups is 1. The highest BCUT2D eigenvalue weighted by atomic mass is 16.3. The Bertz CT molecular complexity index is 900. The molecule has 0 bridgehead atoms. The fraction of sp³-hybridized carbons (Fsp3) is 0.381. The minimum absolute atomic E-state index is 0.147. The average Bonchev–Trinajstić information content (AvgIpc) is 3.05. The minimum atomic E-state index is -0.169. The number of hydrogen-bond donors (Lipinski definition) is 1. The number of carbonyl (C=O) groups excluding carboxylic acids is 1. The van der Waals surface area contributed by atoms with Gasteiger partial charge in [0.05, 0.1) is 24.0 Å². The molecule has 1 atom stereocenters. The molecule has 1 aromatic carbocycles. The van der Waals surface area contributed by atoms with Crippen molar-refractivity contribution in [3.8, 4) is 0 Å². The van der Waals surface area contributed by atoms with Crippen LogP contribution >= 0.6 is 0 Å². The van der Waals surface area contributed by atoms with Crippen LogP contribution in [0, 0.1) is 0 Å². The van der Waals surface area contributed by atoms with Gasteiger partial charge in [0, 0.05) is 30.0 Å². The maximum absolute atomic E-state index is 12.5. The molecular weight excluding hydrogens is 326 g/mol. The van der Waals surface area contributed by atoms with Crippen LogP contribution in [0.15, 0.2) is 42.6 Å². The van der Waals surface area contributed by atoms with Crippen molar-refractivity contribution in [1.82, 2.24) is 14.8 Å². The molecule has 0 aliphatic rings. The second-order valence-electron chi connectivity index (χ2n) is 7.07. The first kappa shape index (κ1) is 18.3. The quantitative estimate of drug-likeness (QED) is 0.703. The zero-order chi connectivity index (χ0) is 18.7. The van der Waals surface area contributed by atoms with Crippen LogP contribution in [0.5, 0.6) is 0 Å². The van der Waals surface area contributed by atoms with Gasteiger partial charge in [0.2, 0.25) is 0 Å². The van der Waals surface area contributed by atoms with Gasteiger partial charge in [-0.15, -0.1) is 0 Å². The summed E-state index contributed by atoms with van der Waals surface area (Å²) in [5.41, 5.74) is 3.28. The molecule has 2 heterocycles. The van der Waals surface area contributed by atoms with Crippen molar-refractivity contribution in [2.45, 2.75) is 52.2 Å². The fourth-order valence-corrected chi connectivity index (χ4v) is 3.33. The van der Waals surface area contributed by atoms with Gasteiger partial charge in [-0.2, -0.15) is 5.10 Å². The molecule has 136 valence electrons. The van der Waals surface area contributed by atoms with Gasteiger partial charge < -0.3 is 5.11 Å². The van der Waals surface area contributed by atoms with E-state index in [1.165, 1.54) is 5.56 Å². The lowest BCUT2D eigenvalue weighted by atomic mass is 9.94. The number of rotatable bonds is 7. The monoisotopic (exact) mass is 351 g/mol. The lowest BCUT2D eigenvalue weighted by molar-refractivity contribution is -0.118. The van der Waals surface area contributed by atoms with Crippen LogP contribution in [-0.2, 0) is 17.8 Å². The highest BCUT2D eigenvalue weighted by molar-refractivity contribution is 5.85. The molecule has 26 heavy (non-hydrogen) atoms. The minimum Gasteiger partial charge on any atom is -0.390 e. The summed E-state index contributed by atoms with van der Waals surface area (Å²) >= 11 is 0. The van der Waals surface area contributed by atoms with Crippen molar-refractivity contribution in [2.24, 2.45) is 0 Å². The fourth-order valence-electron chi connectivity index (χ4n) is 3.33. The second kappa shape index (κ2) is 7.79. The van der Waals surface area contributed by atoms with E-state index in [0.717, 1.165) is 10.9 Å². The summed E-state index contributed by atoms with van der Waals surface area (Å²) in [7, 11) is 0. The third kappa shape index (κ3) is 3.83. The summed E-state index contributed by atoms with van der Waals surface area (Å²) < 4.78 is 1.86. The molecule has 1 N–H and O–H groups in total. The summed E-state index contributed by atoms with van der Waals surface area (Å²) in [6.07, 6.45) is 2.52. The van der Waals surface area contributed by atoms with Crippen LogP contribution in [-0.4, -0.2) is 25.7 Å². The van der Waals surface area contributed by atoms with Crippen molar-refractivity contribution in [3.05, 3.63) is 59.5 Å². The van der Waals surface area contributed by atoms with E-state index in [-0.39, 0.29) is 30.8 Å². The molecule has 3 rings (SSSR count). The third-order valence-electron chi connectivity index (χ3n) is 4.62. The lowest BCUT2D eigenvalue weighted by Gasteiger charge is -2.12. The standard InChI is InChI=1S/C21H25N3O2/c1-14(2)24-21-17(12-22-24)10-18(23-20(21)13-25)11-19(26)9-15(3)16-7-5-4-6-8-16/h4-8,10,12,14-15,25H,9,11,13H2,1-3H3/t15-/m0/s1. The SMILES string of the molecule is CC(C)n1ncc2cc(CC(=O)C[C@H](C)c3ccccc3)nc(CO)c21. The number of nitrogens with zero attached hydrogens (tertiary/aromatic N) is 3. The predicted octanol–water partition coefficient (Wildman–Crippen LogP) is 3.81. The molecular formula is C21H25N3O2. The number of pyridine rings is 1. The molecule has 0 radical (unpaired) electrons. The Labute approximate surface area is 153 Å². The summed E-state index contributed by atoms with van der Waals surface area (Å²) in [5.74, 6) is 0.321. The van der Waals surface area contributed by atoms with Crippen LogP contribution in [0.2, 0.25) is 0 Å². The third-order valence-corrected chi connectivity index (χ3v) is 4.62. The Balaban J connectivity index is 1.79. The maximum atomic E-state index is 12.5. The predicted molar refractivity (Wildman–Crippen MR) is 102 cm³/mol. The largest absolute Gasteiger partial charge is 0.390 e. The van der Waals surface area contributed by atoms with Gasteiger partial charge in [-0.05, 0) is 31.4 Å². The Morgan fingerprint density at radius 2 is 1.92 bits per heavy atom. The Hall–Kier alpha value is -2.53. The van der Waals surface area contributed by atoms with E-state index in [1.807, 2.05) is 54.9 Å². The Morgan fingerprint density at radius 1 is 1.19 bits per heavy atom. The number of ketones is 1. The molecule has 0 amide bonds. The molecule has 0 saturated carbocycles. The average molecular weight is 351 g/mol. The molecule has 2 aromatic heterocycles. The zero-order valence-corrected chi connectivity index (χ0v) is 15.5. The Morgan fingerprint density at radius 3 is 2.58 bits per heavy atom. The number of fused-ring (bicyclic) bond motifs is 1. The first-order chi connectivity index (χ1) is 12.5. The molecule has 0 saturated heterocycles. The van der Waals surface area contributed by atoms with Crippen molar-refractivity contribution >= 4 is 16.7 Å². The van der Waals surface area contributed by atoms with E-state index in [4.69, 9.17) is 0 Å². The number of hydrogen-bond acceptors (Lipinski definition) is 4. The molecule has 0 unspecified atom stereocenters. The summed E-state index contributed by atoms with van der Waals surface area (Å²) in [6, 6.07) is 12.1. The summed E-state index contributed by atoms with van der Waals surface area (Å²) in [4.78, 5) is 17.0. The van der Waals surface area contributed by atoms with Crippen LogP contribution in [0.3, 0.4) is 0 Å². The summed E-state index contributed by atoms with van der Waals surface area (Å²) in [5, 5.41) is 15.0. The highest BCUT2D eigenvalue weighted by Crippen LogP contribution is 2.23. The van der Waals surface area contributed by atoms with Crippen molar-refractivity contribution in [1.29, 1.82) is 0 Å². The zero-order valence-electron chi connectivity index (χ0n) is 15.5. The first-order valence-electron chi connectivity index (χ1n) is 9.03. The maximum Gasteiger partial charge on any atom is 0.139 e. The van der Waals surface area contributed by atoms with Gasteiger partial charge in [0.1, 0.15) is 5.78 Å². The van der Waals surface area contributed by atoms with Crippen molar-refractivity contribution in [2.75, 3.05) is 0 Å². The van der Waals surface area contributed by atoms with Gasteiger partial charge in [0.25, 0.3) is 0 Å². The van der Waals surface area contributed by atoms with Crippen LogP contribution in [0.25, 0.3) is 10.9 Å². The Kier molecular flexibility index (Phi) is 5.47. The smallest absolute Gasteiger partial charge is 0.139 e. The molecule has 0 spiro atoms. The number of aromatic nitrogens is 3. The topological polar surface area (TPSA) is 68.0 Å². The van der Waals surface area contributed by atoms with E-state index >= 15 is 0 Å². The first-order valence-corrected chi connectivity index (χ1v) is 9.03. The number of Topliss-reactive ketones (excluding diaryl/α,β-unsaturated/α-hetero) is 1. The lowest BCUT2D eigenvalue weighted by Crippen LogP contribution is -2.11. The van der Waals surface area contributed by atoms with E-state index < -0.39 is 0 Å². The van der Waals surface area contributed by atoms with Gasteiger partial charge >= 0.3 is 0 Å². The van der Waals surface area contributed by atoms with Gasteiger partial charge in [-0.1, -0.05) is 37.3 Å². The van der Waals surface area contributed by atoms with E-state index in [0.29, 0.717) is 17.8 Å². The van der Waals surface area contributed by atoms with Gasteiger partial charge in [-0.25, -0.2) is 0 Å². The molecule has 0 aliphatic heterocycles. The van der Waals surface area contributed by atoms with Crippen LogP contribution in [0.1, 0.15) is 56.1 Å². The molecule has 0 aliphatic carbocycles. The molecule has 5 heteroatoms. The van der Waals surface area contributed by atoms with Crippen LogP contribution < -0.4 is 0 Å². The van der Waals surface area contributed by atoms with Crippen LogP contribution in [0.4, 0.5) is 0 Å². The van der Waals surface area contributed by atoms with Crippen molar-refractivity contribution in [3.63, 3.8) is 0 Å². The normalized spacial score (nSPS) is 12.7. The van der Waals surface area contributed by atoms with E-state index in [9.17, 15) is 9.90 Å². The van der Waals surface area contributed by atoms with Crippen molar-refractivity contribution < 1.29 is 9.90 Å². The second-order valence-corrected chi connectivity index (χ2v) is 7.07. The number of aliphatic hydroxyl groups excluding tert-OH is 1.